The normalized spacial score (nSPS) is 15.4. The molecule has 40 heavy (non-hydrogen) atoms. The first-order chi connectivity index (χ1) is 19.1. The van der Waals surface area contributed by atoms with Crippen LogP contribution in [-0.4, -0.2) is 64.4 Å². The molecule has 1 unspecified atom stereocenters. The summed E-state index contributed by atoms with van der Waals surface area (Å²) in [5, 5.41) is 0. The Balaban J connectivity index is 1.67. The van der Waals surface area contributed by atoms with E-state index in [1.165, 1.54) is 45.6 Å². The molecule has 0 spiro atoms. The van der Waals surface area contributed by atoms with Gasteiger partial charge in [0.25, 0.3) is 5.91 Å². The van der Waals surface area contributed by atoms with Crippen LogP contribution in [0, 0.1) is 5.82 Å². The van der Waals surface area contributed by atoms with Gasteiger partial charge in [0, 0.05) is 6.54 Å². The number of carbonyl (C=O) groups is 3. The summed E-state index contributed by atoms with van der Waals surface area (Å²) in [7, 11) is -0.138. The van der Waals surface area contributed by atoms with Gasteiger partial charge in [-0.1, -0.05) is 6.07 Å². The third kappa shape index (κ3) is 5.68. The molecule has 1 fully saturated rings. The molecule has 1 aliphatic heterocycles. The number of carbonyl (C=O) groups excluding carboxylic acids is 3. The van der Waals surface area contributed by atoms with Gasteiger partial charge in [0.1, 0.15) is 11.9 Å². The van der Waals surface area contributed by atoms with Crippen molar-refractivity contribution in [3.8, 4) is 11.5 Å². The minimum atomic E-state index is -4.33. The van der Waals surface area contributed by atoms with Crippen LogP contribution in [0.25, 0.3) is 0 Å². The largest absolute Gasteiger partial charge is 0.493 e. The molecule has 3 aromatic carbocycles. The summed E-state index contributed by atoms with van der Waals surface area (Å²) >= 11 is 0. The number of halogens is 1. The van der Waals surface area contributed by atoms with Crippen molar-refractivity contribution in [1.82, 2.24) is 4.31 Å². The first kappa shape index (κ1) is 28.7. The summed E-state index contributed by atoms with van der Waals surface area (Å²) < 4.78 is 57.3. The van der Waals surface area contributed by atoms with Gasteiger partial charge in [-0.25, -0.2) is 22.5 Å². The number of hydrogen-bond acceptors (Lipinski definition) is 8. The summed E-state index contributed by atoms with van der Waals surface area (Å²) in [6, 6.07) is 13.6. The Morgan fingerprint density at radius 1 is 0.950 bits per heavy atom. The lowest BCUT2D eigenvalue weighted by Crippen LogP contribution is -2.46. The second-order valence-electron chi connectivity index (χ2n) is 8.83. The van der Waals surface area contributed by atoms with Crippen LogP contribution in [-0.2, 0) is 30.8 Å². The minimum absolute atomic E-state index is 0.159. The van der Waals surface area contributed by atoms with Crippen LogP contribution >= 0.6 is 0 Å². The average molecular weight is 571 g/mol. The van der Waals surface area contributed by atoms with Crippen molar-refractivity contribution in [3.05, 3.63) is 83.7 Å². The molecule has 4 rings (SSSR count). The second-order valence-corrected chi connectivity index (χ2v) is 10.7. The fourth-order valence-corrected chi connectivity index (χ4v) is 6.02. The number of ether oxygens (including phenoxy) is 3. The Morgan fingerprint density at radius 2 is 1.60 bits per heavy atom. The first-order valence-electron chi connectivity index (χ1n) is 12.1. The number of imide groups is 1. The topological polar surface area (TPSA) is 120 Å². The van der Waals surface area contributed by atoms with Gasteiger partial charge in [-0.2, -0.15) is 4.31 Å². The smallest absolute Gasteiger partial charge is 0.337 e. The van der Waals surface area contributed by atoms with E-state index in [9.17, 15) is 27.2 Å². The Hall–Kier alpha value is -4.29. The molecule has 0 bridgehead atoms. The molecular weight excluding hydrogens is 543 g/mol. The summed E-state index contributed by atoms with van der Waals surface area (Å²) in [6.07, 6.45) is -0.226. The molecule has 0 saturated carbocycles. The highest BCUT2D eigenvalue weighted by Gasteiger charge is 2.46. The molecule has 0 radical (unpaired) electrons. The van der Waals surface area contributed by atoms with Gasteiger partial charge in [0.2, 0.25) is 15.9 Å². The van der Waals surface area contributed by atoms with Gasteiger partial charge in [-0.15, -0.1) is 0 Å². The number of rotatable bonds is 10. The zero-order chi connectivity index (χ0) is 29.0. The van der Waals surface area contributed by atoms with Crippen LogP contribution < -0.4 is 14.4 Å². The summed E-state index contributed by atoms with van der Waals surface area (Å²) in [4.78, 5) is 39.0. The standard InChI is InChI=1S/C28H27FN2O8S/c1-37-24-13-4-18(16-25(24)38-2)14-15-30(40(35,36)22-11-7-20(29)8-12-22)23-17-26(32)31(27(23)33)21-9-5-19(6-10-21)28(34)39-3/h4-13,16,23H,14-15,17H2,1-3H3. The van der Waals surface area contributed by atoms with E-state index in [2.05, 4.69) is 4.74 Å². The lowest BCUT2D eigenvalue weighted by atomic mass is 10.1. The van der Waals surface area contributed by atoms with E-state index in [-0.39, 0.29) is 29.1 Å². The number of esters is 1. The zero-order valence-electron chi connectivity index (χ0n) is 22.0. The number of anilines is 1. The van der Waals surface area contributed by atoms with Crippen molar-refractivity contribution in [2.24, 2.45) is 0 Å². The van der Waals surface area contributed by atoms with Crippen LogP contribution in [0.2, 0.25) is 0 Å². The Bertz CT molecular complexity index is 1520. The van der Waals surface area contributed by atoms with Gasteiger partial charge in [0.05, 0.1) is 43.9 Å². The average Bonchev–Trinajstić information content (AvgIpc) is 3.25. The van der Waals surface area contributed by atoms with Crippen molar-refractivity contribution < 1.29 is 41.4 Å². The molecule has 1 heterocycles. The number of sulfonamides is 1. The van der Waals surface area contributed by atoms with Crippen molar-refractivity contribution in [2.75, 3.05) is 32.8 Å². The van der Waals surface area contributed by atoms with Crippen molar-refractivity contribution >= 4 is 33.5 Å². The maximum atomic E-state index is 13.7. The Kier molecular flexibility index (Phi) is 8.50. The number of hydrogen-bond donors (Lipinski definition) is 0. The molecule has 0 aliphatic carbocycles. The molecular formula is C28H27FN2O8S. The van der Waals surface area contributed by atoms with Crippen LogP contribution in [0.4, 0.5) is 10.1 Å². The van der Waals surface area contributed by atoms with Crippen LogP contribution in [0.1, 0.15) is 22.3 Å². The van der Waals surface area contributed by atoms with E-state index < -0.39 is 46.1 Å². The summed E-state index contributed by atoms with van der Waals surface area (Å²) in [6.45, 7) is -0.159. The van der Waals surface area contributed by atoms with Crippen LogP contribution in [0.3, 0.4) is 0 Å². The number of methoxy groups -OCH3 is 3. The molecule has 210 valence electrons. The molecule has 10 nitrogen and oxygen atoms in total. The maximum Gasteiger partial charge on any atom is 0.337 e. The van der Waals surface area contributed by atoms with Crippen molar-refractivity contribution in [2.45, 2.75) is 23.8 Å². The fraction of sp³-hybridized carbons (Fsp3) is 0.250. The molecule has 3 aromatic rings. The molecule has 1 aliphatic rings. The monoisotopic (exact) mass is 570 g/mol. The molecule has 1 atom stereocenters. The number of nitrogens with zero attached hydrogens (tertiary/aromatic N) is 2. The number of amides is 2. The molecule has 12 heteroatoms. The number of benzene rings is 3. The van der Waals surface area contributed by atoms with Crippen LogP contribution in [0.15, 0.2) is 71.6 Å². The predicted octanol–water partition coefficient (Wildman–Crippen LogP) is 3.20. The van der Waals surface area contributed by atoms with Gasteiger partial charge in [-0.3, -0.25) is 9.59 Å². The predicted molar refractivity (Wildman–Crippen MR) is 142 cm³/mol. The summed E-state index contributed by atoms with van der Waals surface area (Å²) in [5.41, 5.74) is 1.10. The third-order valence-corrected chi connectivity index (χ3v) is 8.43. The van der Waals surface area contributed by atoms with Gasteiger partial charge in [0.15, 0.2) is 11.5 Å². The highest BCUT2D eigenvalue weighted by Crippen LogP contribution is 2.31. The van der Waals surface area contributed by atoms with Crippen molar-refractivity contribution in [3.63, 3.8) is 0 Å². The minimum Gasteiger partial charge on any atom is -0.493 e. The molecule has 0 aromatic heterocycles. The van der Waals surface area contributed by atoms with Crippen LogP contribution in [0.5, 0.6) is 11.5 Å². The van der Waals surface area contributed by atoms with E-state index in [0.29, 0.717) is 17.1 Å². The molecule has 1 saturated heterocycles. The fourth-order valence-electron chi connectivity index (χ4n) is 4.44. The highest BCUT2D eigenvalue weighted by molar-refractivity contribution is 7.89. The van der Waals surface area contributed by atoms with Gasteiger partial charge in [-0.05, 0) is 72.6 Å². The Morgan fingerprint density at radius 3 is 2.20 bits per heavy atom. The van der Waals surface area contributed by atoms with Gasteiger partial charge >= 0.3 is 5.97 Å². The SMILES string of the molecule is COC(=O)c1ccc(N2C(=O)CC(N(CCc3ccc(OC)c(OC)c3)S(=O)(=O)c3ccc(F)cc3)C2=O)cc1. The second kappa shape index (κ2) is 11.8. The van der Waals surface area contributed by atoms with E-state index in [1.807, 2.05) is 0 Å². The van der Waals surface area contributed by atoms with E-state index >= 15 is 0 Å². The molecule has 0 N–H and O–H groups in total. The quantitative estimate of drug-likeness (QED) is 0.269. The van der Waals surface area contributed by atoms with Crippen molar-refractivity contribution in [1.29, 1.82) is 0 Å². The van der Waals surface area contributed by atoms with E-state index in [1.54, 1.807) is 18.2 Å². The lowest BCUT2D eigenvalue weighted by Gasteiger charge is -2.27. The first-order valence-corrected chi connectivity index (χ1v) is 13.6. The maximum absolute atomic E-state index is 13.7. The third-order valence-electron chi connectivity index (χ3n) is 6.51. The van der Waals surface area contributed by atoms with Gasteiger partial charge < -0.3 is 14.2 Å². The van der Waals surface area contributed by atoms with E-state index in [4.69, 9.17) is 9.47 Å². The van der Waals surface area contributed by atoms with E-state index in [0.717, 1.165) is 33.5 Å². The lowest BCUT2D eigenvalue weighted by molar-refractivity contribution is -0.122. The summed E-state index contributed by atoms with van der Waals surface area (Å²) in [5.74, 6) is -1.62. The molecule has 2 amide bonds. The Labute approximate surface area is 230 Å². The zero-order valence-corrected chi connectivity index (χ0v) is 22.8. The highest BCUT2D eigenvalue weighted by atomic mass is 32.2.